The SMILES string of the molecule is O=C(c1cnn2c(C(F)(F)F)c3c(nc12)-c1ccccc1C3)N1CCN(Cc2ccccc2)CC1. The maximum absolute atomic E-state index is 14.2. The summed E-state index contributed by atoms with van der Waals surface area (Å²) in [4.78, 5) is 21.9. The molecule has 0 N–H and O–H groups in total. The number of nitrogens with zero attached hydrogens (tertiary/aromatic N) is 5. The lowest BCUT2D eigenvalue weighted by Gasteiger charge is -2.34. The molecule has 1 aliphatic carbocycles. The van der Waals surface area contributed by atoms with Crippen molar-refractivity contribution < 1.29 is 18.0 Å². The van der Waals surface area contributed by atoms with E-state index >= 15 is 0 Å². The van der Waals surface area contributed by atoms with Crippen molar-refractivity contribution in [3.8, 4) is 11.3 Å². The second kappa shape index (κ2) is 8.20. The van der Waals surface area contributed by atoms with Gasteiger partial charge in [-0.1, -0.05) is 54.6 Å². The summed E-state index contributed by atoms with van der Waals surface area (Å²) in [5.74, 6) is -0.341. The van der Waals surface area contributed by atoms with Gasteiger partial charge in [0.1, 0.15) is 5.56 Å². The smallest absolute Gasteiger partial charge is 0.336 e. The Morgan fingerprint density at radius 2 is 1.66 bits per heavy atom. The number of hydrogen-bond donors (Lipinski definition) is 0. The predicted molar refractivity (Wildman–Crippen MR) is 124 cm³/mol. The van der Waals surface area contributed by atoms with Gasteiger partial charge >= 0.3 is 6.18 Å². The summed E-state index contributed by atoms with van der Waals surface area (Å²) in [5.41, 5.74) is 2.23. The maximum atomic E-state index is 14.2. The van der Waals surface area contributed by atoms with Crippen molar-refractivity contribution in [3.63, 3.8) is 0 Å². The van der Waals surface area contributed by atoms with E-state index in [-0.39, 0.29) is 34.8 Å². The zero-order valence-corrected chi connectivity index (χ0v) is 18.8. The van der Waals surface area contributed by atoms with Gasteiger partial charge in [-0.05, 0) is 11.1 Å². The number of fused-ring (bicyclic) bond motifs is 4. The van der Waals surface area contributed by atoms with Crippen LogP contribution < -0.4 is 0 Å². The highest BCUT2D eigenvalue weighted by molar-refractivity contribution is 6.00. The van der Waals surface area contributed by atoms with Crippen LogP contribution in [0.4, 0.5) is 13.2 Å². The number of amides is 1. The molecule has 35 heavy (non-hydrogen) atoms. The van der Waals surface area contributed by atoms with Crippen molar-refractivity contribution in [1.82, 2.24) is 24.4 Å². The molecule has 0 unspecified atom stereocenters. The van der Waals surface area contributed by atoms with Crippen LogP contribution in [0.1, 0.15) is 32.7 Å². The number of benzene rings is 2. The number of carbonyl (C=O) groups excluding carboxylic acids is 1. The average Bonchev–Trinajstić information content (AvgIpc) is 3.43. The highest BCUT2D eigenvalue weighted by atomic mass is 19.4. The fraction of sp³-hybridized carbons (Fsp3) is 0.269. The molecule has 4 aromatic rings. The van der Waals surface area contributed by atoms with E-state index in [1.165, 1.54) is 11.8 Å². The Morgan fingerprint density at radius 3 is 2.40 bits per heavy atom. The van der Waals surface area contributed by atoms with Gasteiger partial charge in [0.2, 0.25) is 0 Å². The quantitative estimate of drug-likeness (QED) is 0.389. The van der Waals surface area contributed by atoms with E-state index in [0.717, 1.165) is 16.6 Å². The van der Waals surface area contributed by atoms with Crippen LogP contribution in [0.3, 0.4) is 0 Å². The summed E-state index contributed by atoms with van der Waals surface area (Å²) in [6.07, 6.45) is -3.28. The molecule has 0 saturated carbocycles. The zero-order valence-electron chi connectivity index (χ0n) is 18.8. The van der Waals surface area contributed by atoms with Gasteiger partial charge in [-0.25, -0.2) is 9.50 Å². The summed E-state index contributed by atoms with van der Waals surface area (Å²) in [5, 5.41) is 3.99. The van der Waals surface area contributed by atoms with Crippen LogP contribution in [-0.2, 0) is 19.1 Å². The fourth-order valence-electron chi connectivity index (χ4n) is 5.08. The number of halogens is 3. The molecule has 2 aliphatic rings. The third-order valence-electron chi connectivity index (χ3n) is 6.79. The molecule has 0 bridgehead atoms. The summed E-state index contributed by atoms with van der Waals surface area (Å²) in [7, 11) is 0. The summed E-state index contributed by atoms with van der Waals surface area (Å²) in [6, 6.07) is 17.3. The van der Waals surface area contributed by atoms with Gasteiger partial charge in [-0.15, -0.1) is 0 Å². The van der Waals surface area contributed by atoms with Crippen molar-refractivity contribution in [2.75, 3.05) is 26.2 Å². The summed E-state index contributed by atoms with van der Waals surface area (Å²) in [6.45, 7) is 3.14. The van der Waals surface area contributed by atoms with Gasteiger partial charge in [0.25, 0.3) is 5.91 Å². The van der Waals surface area contributed by atoms with Crippen LogP contribution in [-0.4, -0.2) is 56.5 Å². The zero-order chi connectivity index (χ0) is 24.2. The molecular weight excluding hydrogens is 455 g/mol. The number of alkyl halides is 3. The monoisotopic (exact) mass is 477 g/mol. The van der Waals surface area contributed by atoms with Crippen LogP contribution in [0.5, 0.6) is 0 Å². The molecule has 9 heteroatoms. The predicted octanol–water partition coefficient (Wildman–Crippen LogP) is 4.28. The van der Waals surface area contributed by atoms with E-state index in [1.54, 1.807) is 29.2 Å². The van der Waals surface area contributed by atoms with Crippen molar-refractivity contribution in [3.05, 3.63) is 88.7 Å². The molecule has 0 radical (unpaired) electrons. The summed E-state index contributed by atoms with van der Waals surface area (Å²) < 4.78 is 43.4. The Balaban J connectivity index is 1.31. The molecule has 1 fully saturated rings. The first-order valence-electron chi connectivity index (χ1n) is 11.5. The van der Waals surface area contributed by atoms with E-state index in [4.69, 9.17) is 0 Å². The van der Waals surface area contributed by atoms with E-state index in [1.807, 2.05) is 18.2 Å². The van der Waals surface area contributed by atoms with Gasteiger partial charge < -0.3 is 4.90 Å². The second-order valence-corrected chi connectivity index (χ2v) is 8.97. The molecule has 0 atom stereocenters. The number of piperazine rings is 1. The topological polar surface area (TPSA) is 53.7 Å². The molecule has 178 valence electrons. The molecule has 2 aromatic carbocycles. The van der Waals surface area contributed by atoms with E-state index < -0.39 is 11.9 Å². The average molecular weight is 477 g/mol. The van der Waals surface area contributed by atoms with Crippen molar-refractivity contribution >= 4 is 11.6 Å². The molecule has 3 heterocycles. The molecule has 1 aliphatic heterocycles. The first-order chi connectivity index (χ1) is 16.9. The maximum Gasteiger partial charge on any atom is 0.433 e. The van der Waals surface area contributed by atoms with Crippen LogP contribution in [0, 0.1) is 0 Å². The number of hydrogen-bond acceptors (Lipinski definition) is 4. The Morgan fingerprint density at radius 1 is 0.943 bits per heavy atom. The van der Waals surface area contributed by atoms with Gasteiger partial charge in [0.15, 0.2) is 11.3 Å². The number of rotatable bonds is 3. The largest absolute Gasteiger partial charge is 0.433 e. The lowest BCUT2D eigenvalue weighted by molar-refractivity contribution is -0.143. The Labute approximate surface area is 199 Å². The highest BCUT2D eigenvalue weighted by Gasteiger charge is 2.41. The van der Waals surface area contributed by atoms with Crippen molar-refractivity contribution in [2.45, 2.75) is 19.1 Å². The minimum Gasteiger partial charge on any atom is -0.336 e. The first-order valence-corrected chi connectivity index (χ1v) is 11.5. The fourth-order valence-corrected chi connectivity index (χ4v) is 5.08. The minimum atomic E-state index is -4.64. The molecule has 0 spiro atoms. The highest BCUT2D eigenvalue weighted by Crippen LogP contribution is 2.43. The second-order valence-electron chi connectivity index (χ2n) is 8.97. The van der Waals surface area contributed by atoms with Crippen LogP contribution in [0.15, 0.2) is 60.8 Å². The van der Waals surface area contributed by atoms with Gasteiger partial charge in [-0.2, -0.15) is 18.3 Å². The molecule has 6 nitrogen and oxygen atoms in total. The van der Waals surface area contributed by atoms with Crippen LogP contribution >= 0.6 is 0 Å². The molecule has 1 saturated heterocycles. The molecule has 6 rings (SSSR count). The third kappa shape index (κ3) is 3.76. The molecule has 2 aromatic heterocycles. The Hall–Kier alpha value is -3.72. The van der Waals surface area contributed by atoms with Gasteiger partial charge in [-0.3, -0.25) is 9.69 Å². The van der Waals surface area contributed by atoms with E-state index in [0.29, 0.717) is 31.7 Å². The minimum absolute atomic E-state index is 0.0514. The van der Waals surface area contributed by atoms with Gasteiger partial charge in [0, 0.05) is 50.3 Å². The van der Waals surface area contributed by atoms with E-state index in [2.05, 4.69) is 27.1 Å². The Kier molecular flexibility index (Phi) is 5.10. The summed E-state index contributed by atoms with van der Waals surface area (Å²) >= 11 is 0. The van der Waals surface area contributed by atoms with Crippen molar-refractivity contribution in [1.29, 1.82) is 0 Å². The normalized spacial score (nSPS) is 15.9. The third-order valence-corrected chi connectivity index (χ3v) is 6.79. The Bertz CT molecular complexity index is 1420. The first kappa shape index (κ1) is 21.8. The lowest BCUT2D eigenvalue weighted by Crippen LogP contribution is -2.48. The number of carbonyl (C=O) groups is 1. The standard InChI is InChI=1S/C26H22F3N5O/c27-26(28,29)23-20-14-18-8-4-5-9-19(18)22(20)31-24-21(15-30-34(23)24)25(35)33-12-10-32(11-13-33)16-17-6-2-1-3-7-17/h1-9,15H,10-14,16H2. The molecule has 1 amide bonds. The van der Waals surface area contributed by atoms with Crippen LogP contribution in [0.25, 0.3) is 16.9 Å². The van der Waals surface area contributed by atoms with Gasteiger partial charge in [0.05, 0.1) is 11.9 Å². The lowest BCUT2D eigenvalue weighted by atomic mass is 10.1. The van der Waals surface area contributed by atoms with E-state index in [9.17, 15) is 18.0 Å². The number of aromatic nitrogens is 3. The molecular formula is C26H22F3N5O. The van der Waals surface area contributed by atoms with Crippen LogP contribution in [0.2, 0.25) is 0 Å². The van der Waals surface area contributed by atoms with Crippen molar-refractivity contribution in [2.24, 2.45) is 0 Å².